The molecule has 4 aromatic carbocycles. The molecular formula is C30H30N2O5. The van der Waals surface area contributed by atoms with Crippen LogP contribution in [0.2, 0.25) is 0 Å². The molecule has 0 saturated carbocycles. The second-order valence-electron chi connectivity index (χ2n) is 8.79. The third-order valence-corrected chi connectivity index (χ3v) is 6.29. The molecular weight excluding hydrogens is 468 g/mol. The van der Waals surface area contributed by atoms with E-state index < -0.39 is 24.0 Å². The van der Waals surface area contributed by atoms with Crippen molar-refractivity contribution in [3.05, 3.63) is 108 Å². The Morgan fingerprint density at radius 1 is 0.811 bits per heavy atom. The van der Waals surface area contributed by atoms with Crippen molar-refractivity contribution in [2.24, 2.45) is 5.73 Å². The Kier molecular flexibility index (Phi) is 7.93. The van der Waals surface area contributed by atoms with E-state index in [0.29, 0.717) is 12.4 Å². The van der Waals surface area contributed by atoms with Crippen LogP contribution in [0.1, 0.15) is 42.5 Å². The zero-order valence-electron chi connectivity index (χ0n) is 21.1. The highest BCUT2D eigenvalue weighted by molar-refractivity contribution is 5.87. The van der Waals surface area contributed by atoms with E-state index in [2.05, 4.69) is 0 Å². The molecule has 37 heavy (non-hydrogen) atoms. The first-order valence-electron chi connectivity index (χ1n) is 12.0. The number of nitrogens with zero attached hydrogens (tertiary/aromatic N) is 1. The Hall–Kier alpha value is -4.52. The average molecular weight is 499 g/mol. The predicted molar refractivity (Wildman–Crippen MR) is 142 cm³/mol. The van der Waals surface area contributed by atoms with Crippen LogP contribution in [0, 0.1) is 0 Å². The number of carbonyl (C=O) groups is 2. The largest absolute Gasteiger partial charge is 0.497 e. The minimum atomic E-state index is -0.858. The van der Waals surface area contributed by atoms with Crippen molar-refractivity contribution >= 4 is 22.8 Å². The van der Waals surface area contributed by atoms with E-state index in [1.165, 1.54) is 0 Å². The van der Waals surface area contributed by atoms with Crippen molar-refractivity contribution < 1.29 is 23.9 Å². The number of primary amides is 1. The highest BCUT2D eigenvalue weighted by atomic mass is 16.7. The summed E-state index contributed by atoms with van der Waals surface area (Å²) < 4.78 is 11.1. The fourth-order valence-electron chi connectivity index (χ4n) is 3.98. The van der Waals surface area contributed by atoms with Gasteiger partial charge in [-0.1, -0.05) is 66.7 Å². The van der Waals surface area contributed by atoms with Crippen LogP contribution in [0.4, 0.5) is 4.79 Å². The van der Waals surface area contributed by atoms with Crippen molar-refractivity contribution in [1.82, 2.24) is 5.06 Å². The number of hydroxylamine groups is 2. The SMILES string of the molecule is COc1ccc2cc([C@H](C)C(=O)ON(C(N)=O)C(C)c3ccc(OCc4ccccc4)cc3)ccc2c1. The van der Waals surface area contributed by atoms with Crippen LogP contribution in [0.25, 0.3) is 10.8 Å². The summed E-state index contributed by atoms with van der Waals surface area (Å²) in [5, 5.41) is 2.87. The fourth-order valence-corrected chi connectivity index (χ4v) is 3.98. The number of carbonyl (C=O) groups excluding carboxylic acids is 2. The number of amides is 2. The van der Waals surface area contributed by atoms with E-state index in [0.717, 1.165) is 38.3 Å². The van der Waals surface area contributed by atoms with Gasteiger partial charge in [0.1, 0.15) is 18.1 Å². The van der Waals surface area contributed by atoms with Gasteiger partial charge in [0.2, 0.25) is 0 Å². The molecule has 7 heteroatoms. The molecule has 0 spiro atoms. The molecule has 0 fully saturated rings. The molecule has 0 bridgehead atoms. The molecule has 0 radical (unpaired) electrons. The Balaban J connectivity index is 1.42. The lowest BCUT2D eigenvalue weighted by atomic mass is 9.98. The average Bonchev–Trinajstić information content (AvgIpc) is 2.94. The van der Waals surface area contributed by atoms with Crippen LogP contribution < -0.4 is 15.2 Å². The quantitative estimate of drug-likeness (QED) is 0.295. The standard InChI is InChI=1S/C30H30N2O5/c1-20(24-9-10-26-18-28(35-3)16-13-25(26)17-24)29(33)37-32(30(31)34)21(2)23-11-14-27(15-12-23)36-19-22-7-5-4-6-8-22/h4-18,20-21H,19H2,1-3H3,(H2,31,34)/t20-,21?/m0/s1. The van der Waals surface area contributed by atoms with E-state index in [9.17, 15) is 9.59 Å². The zero-order valence-corrected chi connectivity index (χ0v) is 21.1. The first-order valence-corrected chi connectivity index (χ1v) is 12.0. The van der Waals surface area contributed by atoms with Crippen LogP contribution in [-0.4, -0.2) is 24.2 Å². The Morgan fingerprint density at radius 3 is 2.11 bits per heavy atom. The third kappa shape index (κ3) is 6.19. The van der Waals surface area contributed by atoms with Gasteiger partial charge in [0, 0.05) is 0 Å². The molecule has 0 aliphatic heterocycles. The fraction of sp³-hybridized carbons (Fsp3) is 0.200. The van der Waals surface area contributed by atoms with Crippen molar-refractivity contribution in [1.29, 1.82) is 0 Å². The number of ether oxygens (including phenoxy) is 2. The molecule has 0 heterocycles. The summed E-state index contributed by atoms with van der Waals surface area (Å²) in [6, 6.07) is 27.1. The summed E-state index contributed by atoms with van der Waals surface area (Å²) in [6.07, 6.45) is 0. The van der Waals surface area contributed by atoms with Crippen LogP contribution in [0.3, 0.4) is 0 Å². The number of hydrogen-bond acceptors (Lipinski definition) is 5. The lowest BCUT2D eigenvalue weighted by Gasteiger charge is -2.27. The molecule has 2 atom stereocenters. The van der Waals surface area contributed by atoms with Gasteiger partial charge >= 0.3 is 12.0 Å². The maximum Gasteiger partial charge on any atom is 0.348 e. The minimum absolute atomic E-state index is 0.445. The lowest BCUT2D eigenvalue weighted by molar-refractivity contribution is -0.185. The van der Waals surface area contributed by atoms with Gasteiger partial charge < -0.3 is 20.0 Å². The Bertz CT molecular complexity index is 1370. The molecule has 2 N–H and O–H groups in total. The van der Waals surface area contributed by atoms with Gasteiger partial charge in [-0.3, -0.25) is 0 Å². The number of urea groups is 1. The summed E-state index contributed by atoms with van der Waals surface area (Å²) in [6.45, 7) is 3.92. The Morgan fingerprint density at radius 2 is 1.43 bits per heavy atom. The number of rotatable bonds is 8. The Labute approximate surface area is 216 Å². The van der Waals surface area contributed by atoms with E-state index in [1.807, 2.05) is 91.0 Å². The van der Waals surface area contributed by atoms with Crippen molar-refractivity contribution in [3.63, 3.8) is 0 Å². The van der Waals surface area contributed by atoms with E-state index in [-0.39, 0.29) is 0 Å². The molecule has 0 saturated heterocycles. The number of hydrogen-bond donors (Lipinski definition) is 1. The van der Waals surface area contributed by atoms with Crippen LogP contribution in [-0.2, 0) is 16.2 Å². The molecule has 7 nitrogen and oxygen atoms in total. The van der Waals surface area contributed by atoms with Crippen LogP contribution in [0.5, 0.6) is 11.5 Å². The molecule has 4 aromatic rings. The van der Waals surface area contributed by atoms with Gasteiger partial charge in [-0.2, -0.15) is 0 Å². The summed E-state index contributed by atoms with van der Waals surface area (Å²) in [5.41, 5.74) is 8.15. The second kappa shape index (κ2) is 11.5. The molecule has 1 unspecified atom stereocenters. The first kappa shape index (κ1) is 25.6. The van der Waals surface area contributed by atoms with Crippen molar-refractivity contribution in [3.8, 4) is 11.5 Å². The van der Waals surface area contributed by atoms with Crippen molar-refractivity contribution in [2.45, 2.75) is 32.4 Å². The summed E-state index contributed by atoms with van der Waals surface area (Å²) in [5.74, 6) is 0.246. The highest BCUT2D eigenvalue weighted by Crippen LogP contribution is 2.28. The number of benzene rings is 4. The number of fused-ring (bicyclic) bond motifs is 1. The molecule has 0 aromatic heterocycles. The van der Waals surface area contributed by atoms with E-state index in [4.69, 9.17) is 20.0 Å². The maximum absolute atomic E-state index is 13.0. The number of methoxy groups -OCH3 is 1. The number of nitrogens with two attached hydrogens (primary N) is 1. The van der Waals surface area contributed by atoms with Gasteiger partial charge in [-0.15, -0.1) is 5.06 Å². The van der Waals surface area contributed by atoms with Gasteiger partial charge in [-0.25, -0.2) is 9.59 Å². The smallest absolute Gasteiger partial charge is 0.348 e. The summed E-state index contributed by atoms with van der Waals surface area (Å²) in [4.78, 5) is 30.7. The normalized spacial score (nSPS) is 12.4. The molecule has 190 valence electrons. The monoisotopic (exact) mass is 498 g/mol. The molecule has 0 aliphatic rings. The van der Waals surface area contributed by atoms with Gasteiger partial charge in [0.15, 0.2) is 0 Å². The predicted octanol–water partition coefficient (Wildman–Crippen LogP) is 6.13. The van der Waals surface area contributed by atoms with Crippen molar-refractivity contribution in [2.75, 3.05) is 7.11 Å². The summed E-state index contributed by atoms with van der Waals surface area (Å²) in [7, 11) is 1.62. The first-order chi connectivity index (χ1) is 17.9. The van der Waals surface area contributed by atoms with Crippen LogP contribution >= 0.6 is 0 Å². The van der Waals surface area contributed by atoms with E-state index >= 15 is 0 Å². The third-order valence-electron chi connectivity index (χ3n) is 6.29. The van der Waals surface area contributed by atoms with Crippen LogP contribution in [0.15, 0.2) is 91.0 Å². The summed E-state index contributed by atoms with van der Waals surface area (Å²) >= 11 is 0. The van der Waals surface area contributed by atoms with Gasteiger partial charge in [-0.05, 0) is 65.6 Å². The molecule has 2 amide bonds. The van der Waals surface area contributed by atoms with Gasteiger partial charge in [0.05, 0.1) is 19.1 Å². The minimum Gasteiger partial charge on any atom is -0.497 e. The highest BCUT2D eigenvalue weighted by Gasteiger charge is 2.27. The lowest BCUT2D eigenvalue weighted by Crippen LogP contribution is -2.40. The molecule has 4 rings (SSSR count). The van der Waals surface area contributed by atoms with E-state index in [1.54, 1.807) is 21.0 Å². The molecule has 0 aliphatic carbocycles. The zero-order chi connectivity index (χ0) is 26.4. The van der Waals surface area contributed by atoms with Gasteiger partial charge in [0.25, 0.3) is 0 Å². The second-order valence-corrected chi connectivity index (χ2v) is 8.79. The maximum atomic E-state index is 13.0. The topological polar surface area (TPSA) is 91.1 Å².